The van der Waals surface area contributed by atoms with E-state index < -0.39 is 0 Å². The molecule has 2 aromatic rings. The van der Waals surface area contributed by atoms with Crippen LogP contribution in [0.1, 0.15) is 5.89 Å². The zero-order valence-corrected chi connectivity index (χ0v) is 16.4. The van der Waals surface area contributed by atoms with Crippen LogP contribution in [-0.2, 0) is 16.1 Å². The summed E-state index contributed by atoms with van der Waals surface area (Å²) in [5, 5.41) is 6.92. The predicted molar refractivity (Wildman–Crippen MR) is 103 cm³/mol. The number of nitrogens with zero attached hydrogens (tertiary/aromatic N) is 4. The number of benzene rings is 1. The number of aromatic nitrogens is 2. The van der Waals surface area contributed by atoms with Crippen LogP contribution in [0.3, 0.4) is 0 Å². The van der Waals surface area contributed by atoms with E-state index in [4.69, 9.17) is 14.0 Å². The monoisotopic (exact) mass is 389 g/mol. The molecule has 1 fully saturated rings. The van der Waals surface area contributed by atoms with Crippen molar-refractivity contribution in [3.63, 3.8) is 0 Å². The molecule has 1 aliphatic heterocycles. The van der Waals surface area contributed by atoms with Crippen molar-refractivity contribution in [2.45, 2.75) is 6.54 Å². The maximum atomic E-state index is 11.9. The highest BCUT2D eigenvalue weighted by Crippen LogP contribution is 2.21. The van der Waals surface area contributed by atoms with Crippen LogP contribution in [0.2, 0.25) is 0 Å². The summed E-state index contributed by atoms with van der Waals surface area (Å²) < 4.78 is 15.6. The third-order valence-electron chi connectivity index (χ3n) is 4.62. The largest absolute Gasteiger partial charge is 0.497 e. The maximum absolute atomic E-state index is 11.9. The van der Waals surface area contributed by atoms with Crippen LogP contribution in [0.25, 0.3) is 11.4 Å². The Morgan fingerprint density at radius 2 is 2.00 bits per heavy atom. The van der Waals surface area contributed by atoms with Gasteiger partial charge in [-0.3, -0.25) is 14.6 Å². The molecule has 9 nitrogen and oxygen atoms in total. The van der Waals surface area contributed by atoms with Gasteiger partial charge in [0.05, 0.1) is 26.8 Å². The van der Waals surface area contributed by atoms with Crippen LogP contribution >= 0.6 is 0 Å². The van der Waals surface area contributed by atoms with Crippen molar-refractivity contribution in [1.82, 2.24) is 25.3 Å². The van der Waals surface area contributed by atoms with Crippen molar-refractivity contribution in [2.24, 2.45) is 0 Å². The Balaban J connectivity index is 1.45. The first kappa shape index (κ1) is 20.2. The van der Waals surface area contributed by atoms with Gasteiger partial charge in [0.25, 0.3) is 0 Å². The van der Waals surface area contributed by atoms with Gasteiger partial charge in [0.15, 0.2) is 0 Å². The van der Waals surface area contributed by atoms with E-state index in [2.05, 4.69) is 25.3 Å². The Morgan fingerprint density at radius 3 is 2.75 bits per heavy atom. The van der Waals surface area contributed by atoms with Crippen LogP contribution in [0.4, 0.5) is 0 Å². The second-order valence-corrected chi connectivity index (χ2v) is 6.64. The summed E-state index contributed by atoms with van der Waals surface area (Å²) in [7, 11) is 3.25. The topological polar surface area (TPSA) is 93.0 Å². The molecule has 1 aliphatic rings. The molecule has 1 N–H and O–H groups in total. The summed E-state index contributed by atoms with van der Waals surface area (Å²) in [6.07, 6.45) is 0. The van der Waals surface area contributed by atoms with Gasteiger partial charge in [-0.05, 0) is 12.1 Å². The molecule has 1 aromatic carbocycles. The third-order valence-corrected chi connectivity index (χ3v) is 4.62. The number of carbonyl (C=O) groups excluding carboxylic acids is 1. The Kier molecular flexibility index (Phi) is 7.35. The number of nitrogens with one attached hydrogen (secondary N) is 1. The molecule has 1 amide bonds. The maximum Gasteiger partial charge on any atom is 0.241 e. The summed E-state index contributed by atoms with van der Waals surface area (Å²) in [5.41, 5.74) is 0.860. The molecule has 0 spiro atoms. The second-order valence-electron chi connectivity index (χ2n) is 6.64. The van der Waals surface area contributed by atoms with Gasteiger partial charge in [0.1, 0.15) is 5.75 Å². The quantitative estimate of drug-likeness (QED) is 0.624. The predicted octanol–water partition coefficient (Wildman–Crippen LogP) is 0.625. The number of rotatable bonds is 9. The minimum absolute atomic E-state index is 0.0327. The van der Waals surface area contributed by atoms with Gasteiger partial charge in [0.2, 0.25) is 17.6 Å². The molecule has 0 bridgehead atoms. The molecular formula is C19H27N5O4. The van der Waals surface area contributed by atoms with Crippen molar-refractivity contribution in [1.29, 1.82) is 0 Å². The molecule has 0 atom stereocenters. The molecule has 3 rings (SSSR count). The standard InChI is InChI=1S/C19H27N5O4/c1-26-11-6-20-17(25)13-23-7-9-24(10-8-23)14-18-21-19(22-28-18)15-4-3-5-16(12-15)27-2/h3-5,12H,6-11,13-14H2,1-2H3,(H,20,25). The van der Waals surface area contributed by atoms with E-state index in [-0.39, 0.29) is 5.91 Å². The van der Waals surface area contributed by atoms with Crippen LogP contribution < -0.4 is 10.1 Å². The summed E-state index contributed by atoms with van der Waals surface area (Å²) in [5.74, 6) is 1.93. The number of hydrogen-bond donors (Lipinski definition) is 1. The average molecular weight is 389 g/mol. The first-order valence-corrected chi connectivity index (χ1v) is 9.35. The van der Waals surface area contributed by atoms with Gasteiger partial charge in [-0.1, -0.05) is 17.3 Å². The highest BCUT2D eigenvalue weighted by molar-refractivity contribution is 5.78. The van der Waals surface area contributed by atoms with E-state index in [0.29, 0.717) is 38.0 Å². The lowest BCUT2D eigenvalue weighted by atomic mass is 10.2. The smallest absolute Gasteiger partial charge is 0.241 e. The SMILES string of the molecule is COCCNC(=O)CN1CCN(Cc2nc(-c3cccc(OC)c3)no2)CC1. The summed E-state index contributed by atoms with van der Waals surface area (Å²) in [6, 6.07) is 7.58. The summed E-state index contributed by atoms with van der Waals surface area (Å²) in [6.45, 7) is 5.44. The van der Waals surface area contributed by atoms with Crippen LogP contribution in [0, 0.1) is 0 Å². The molecule has 0 aliphatic carbocycles. The normalized spacial score (nSPS) is 15.5. The molecule has 0 saturated carbocycles. The van der Waals surface area contributed by atoms with E-state index in [9.17, 15) is 4.79 Å². The van der Waals surface area contributed by atoms with E-state index in [1.807, 2.05) is 24.3 Å². The number of ether oxygens (including phenoxy) is 2. The van der Waals surface area contributed by atoms with Crippen LogP contribution in [-0.4, -0.2) is 85.9 Å². The van der Waals surface area contributed by atoms with Crippen molar-refractivity contribution in [3.05, 3.63) is 30.2 Å². The van der Waals surface area contributed by atoms with Crippen molar-refractivity contribution in [3.8, 4) is 17.1 Å². The van der Waals surface area contributed by atoms with Gasteiger partial charge >= 0.3 is 0 Å². The minimum atomic E-state index is 0.0327. The van der Waals surface area contributed by atoms with E-state index in [1.54, 1.807) is 14.2 Å². The number of piperazine rings is 1. The highest BCUT2D eigenvalue weighted by atomic mass is 16.5. The highest BCUT2D eigenvalue weighted by Gasteiger charge is 2.21. The number of carbonyl (C=O) groups is 1. The fourth-order valence-electron chi connectivity index (χ4n) is 3.05. The van der Waals surface area contributed by atoms with Gasteiger partial charge in [-0.15, -0.1) is 0 Å². The first-order valence-electron chi connectivity index (χ1n) is 9.35. The minimum Gasteiger partial charge on any atom is -0.497 e. The molecule has 1 aromatic heterocycles. The fourth-order valence-corrected chi connectivity index (χ4v) is 3.05. The lowest BCUT2D eigenvalue weighted by Gasteiger charge is -2.33. The zero-order valence-electron chi connectivity index (χ0n) is 16.4. The van der Waals surface area contributed by atoms with Gasteiger partial charge < -0.3 is 19.3 Å². The van der Waals surface area contributed by atoms with Crippen molar-refractivity contribution >= 4 is 5.91 Å². The molecule has 0 unspecified atom stereocenters. The Bertz CT molecular complexity index is 758. The van der Waals surface area contributed by atoms with Gasteiger partial charge in [-0.25, -0.2) is 0 Å². The Morgan fingerprint density at radius 1 is 1.21 bits per heavy atom. The third kappa shape index (κ3) is 5.75. The Labute approximate surface area is 164 Å². The van der Waals surface area contributed by atoms with Gasteiger partial charge in [0, 0.05) is 45.4 Å². The summed E-state index contributed by atoms with van der Waals surface area (Å²) >= 11 is 0. The molecule has 28 heavy (non-hydrogen) atoms. The molecule has 9 heteroatoms. The van der Waals surface area contributed by atoms with E-state index in [1.165, 1.54) is 0 Å². The van der Waals surface area contributed by atoms with Crippen LogP contribution in [0.5, 0.6) is 5.75 Å². The van der Waals surface area contributed by atoms with Crippen molar-refractivity contribution < 1.29 is 18.8 Å². The summed E-state index contributed by atoms with van der Waals surface area (Å²) in [4.78, 5) is 20.8. The second kappa shape index (κ2) is 10.2. The van der Waals surface area contributed by atoms with E-state index >= 15 is 0 Å². The van der Waals surface area contributed by atoms with Gasteiger partial charge in [-0.2, -0.15) is 4.98 Å². The average Bonchev–Trinajstić information content (AvgIpc) is 3.18. The first-order chi connectivity index (χ1) is 13.7. The zero-order chi connectivity index (χ0) is 19.8. The molecule has 1 saturated heterocycles. The number of amides is 1. The molecule has 2 heterocycles. The van der Waals surface area contributed by atoms with Crippen molar-refractivity contribution in [2.75, 3.05) is 60.1 Å². The lowest BCUT2D eigenvalue weighted by Crippen LogP contribution is -2.49. The lowest BCUT2D eigenvalue weighted by molar-refractivity contribution is -0.122. The Hall–Kier alpha value is -2.49. The van der Waals surface area contributed by atoms with E-state index in [0.717, 1.165) is 37.5 Å². The van der Waals surface area contributed by atoms with Crippen LogP contribution in [0.15, 0.2) is 28.8 Å². The molecule has 152 valence electrons. The number of methoxy groups -OCH3 is 2. The molecule has 0 radical (unpaired) electrons. The fraction of sp³-hybridized carbons (Fsp3) is 0.526. The molecular weight excluding hydrogens is 362 g/mol. The number of hydrogen-bond acceptors (Lipinski definition) is 8.